The van der Waals surface area contributed by atoms with Gasteiger partial charge in [0.25, 0.3) is 5.91 Å². The molecule has 32 heavy (non-hydrogen) atoms. The third-order valence-corrected chi connectivity index (χ3v) is 4.58. The second-order valence-electron chi connectivity index (χ2n) is 6.90. The van der Waals surface area contributed by atoms with Crippen molar-refractivity contribution in [3.8, 4) is 11.7 Å². The Morgan fingerprint density at radius 1 is 1.25 bits per heavy atom. The number of aromatic nitrogens is 5. The molecule has 3 heterocycles. The van der Waals surface area contributed by atoms with Gasteiger partial charge in [0, 0.05) is 18.4 Å². The van der Waals surface area contributed by atoms with E-state index in [1.54, 1.807) is 32.9 Å². The summed E-state index contributed by atoms with van der Waals surface area (Å²) < 4.78 is 57.3. The maximum absolute atomic E-state index is 14.0. The van der Waals surface area contributed by atoms with Crippen LogP contribution in [-0.4, -0.2) is 55.0 Å². The molecule has 3 aromatic rings. The zero-order valence-corrected chi connectivity index (χ0v) is 17.5. The zero-order chi connectivity index (χ0) is 23.5. The molecule has 0 fully saturated rings. The number of ether oxygens (including phenoxy) is 1. The van der Waals surface area contributed by atoms with Crippen LogP contribution in [0.25, 0.3) is 5.82 Å². The van der Waals surface area contributed by atoms with Gasteiger partial charge in [-0.3, -0.25) is 4.79 Å². The summed E-state index contributed by atoms with van der Waals surface area (Å²) in [5.74, 6) is -1.95. The fourth-order valence-corrected chi connectivity index (χ4v) is 2.97. The molecule has 1 amide bonds. The van der Waals surface area contributed by atoms with Crippen LogP contribution in [0.5, 0.6) is 5.88 Å². The van der Waals surface area contributed by atoms with E-state index in [4.69, 9.17) is 4.74 Å². The third-order valence-electron chi connectivity index (χ3n) is 4.58. The predicted molar refractivity (Wildman–Crippen MR) is 105 cm³/mol. The molecule has 3 aromatic heterocycles. The number of amides is 1. The van der Waals surface area contributed by atoms with Gasteiger partial charge in [0.05, 0.1) is 29.6 Å². The molecule has 0 radical (unpaired) electrons. The molecular formula is C20H20F4N6O2. The molecule has 0 saturated heterocycles. The van der Waals surface area contributed by atoms with Crippen LogP contribution < -0.4 is 4.74 Å². The van der Waals surface area contributed by atoms with Gasteiger partial charge in [-0.1, -0.05) is 0 Å². The number of nitrogens with zero attached hydrogens (tertiary/aromatic N) is 6. The molecule has 0 spiro atoms. The van der Waals surface area contributed by atoms with Crippen LogP contribution in [0.1, 0.15) is 35.5 Å². The van der Waals surface area contributed by atoms with E-state index in [9.17, 15) is 22.4 Å². The van der Waals surface area contributed by atoms with Gasteiger partial charge in [-0.2, -0.15) is 23.4 Å². The maximum atomic E-state index is 14.0. The van der Waals surface area contributed by atoms with E-state index in [0.717, 1.165) is 0 Å². The van der Waals surface area contributed by atoms with E-state index in [-0.39, 0.29) is 30.4 Å². The number of halogens is 4. The normalized spacial score (nSPS) is 12.5. The van der Waals surface area contributed by atoms with Crippen molar-refractivity contribution in [3.05, 3.63) is 59.4 Å². The molecule has 8 nitrogen and oxygen atoms in total. The number of rotatable bonds is 7. The Bertz CT molecular complexity index is 1090. The Hall–Kier alpha value is -3.57. The largest absolute Gasteiger partial charge is 0.473 e. The molecule has 170 valence electrons. The number of hydrogen-bond acceptors (Lipinski definition) is 6. The van der Waals surface area contributed by atoms with Gasteiger partial charge in [-0.15, -0.1) is 4.80 Å². The summed E-state index contributed by atoms with van der Waals surface area (Å²) >= 11 is 0. The number of carbonyl (C=O) groups is 1. The van der Waals surface area contributed by atoms with Gasteiger partial charge in [0.15, 0.2) is 11.6 Å². The van der Waals surface area contributed by atoms with Crippen LogP contribution >= 0.6 is 0 Å². The van der Waals surface area contributed by atoms with Crippen molar-refractivity contribution in [2.45, 2.75) is 33.0 Å². The third kappa shape index (κ3) is 5.01. The summed E-state index contributed by atoms with van der Waals surface area (Å²) in [6, 6.07) is 3.04. The highest BCUT2D eigenvalue weighted by molar-refractivity contribution is 5.97. The summed E-state index contributed by atoms with van der Waals surface area (Å²) in [7, 11) is 0. The van der Waals surface area contributed by atoms with Crippen LogP contribution in [0.15, 0.2) is 36.8 Å². The first kappa shape index (κ1) is 23.1. The number of pyridine rings is 2. The molecule has 12 heteroatoms. The van der Waals surface area contributed by atoms with E-state index in [0.29, 0.717) is 18.0 Å². The molecule has 1 atom stereocenters. The highest BCUT2D eigenvalue weighted by Gasteiger charge is 2.32. The highest BCUT2D eigenvalue weighted by atomic mass is 19.4. The Balaban J connectivity index is 1.77. The average molecular weight is 452 g/mol. The highest BCUT2D eigenvalue weighted by Crippen LogP contribution is 2.30. The molecule has 0 bridgehead atoms. The maximum Gasteiger partial charge on any atom is 0.417 e. The second-order valence-corrected chi connectivity index (χ2v) is 6.90. The summed E-state index contributed by atoms with van der Waals surface area (Å²) in [6.45, 7) is 5.27. The Morgan fingerprint density at radius 3 is 2.53 bits per heavy atom. The van der Waals surface area contributed by atoms with E-state index >= 15 is 0 Å². The standard InChI is InChI=1S/C20H20F4N6O2/c1-4-29(13(3)11-32-18-16(21)9-14(10-25-18)20(22,23)24)19(31)15-6-5-12(2)28-17(15)30-26-7-8-27-30/h5-10,13H,4,11H2,1-3H3/t13-/m0/s1. The molecule has 0 aliphatic rings. The zero-order valence-electron chi connectivity index (χ0n) is 17.5. The Kier molecular flexibility index (Phi) is 6.70. The fraction of sp³-hybridized carbons (Fsp3) is 0.350. The molecule has 0 aromatic carbocycles. The molecule has 0 saturated carbocycles. The lowest BCUT2D eigenvalue weighted by Crippen LogP contribution is -2.42. The van der Waals surface area contributed by atoms with Crippen molar-refractivity contribution in [1.29, 1.82) is 0 Å². The molecule has 0 unspecified atom stereocenters. The summed E-state index contributed by atoms with van der Waals surface area (Å²) in [4.78, 5) is 23.7. The van der Waals surface area contributed by atoms with Crippen LogP contribution in [-0.2, 0) is 6.18 Å². The minimum Gasteiger partial charge on any atom is -0.473 e. The summed E-state index contributed by atoms with van der Waals surface area (Å²) in [6.07, 6.45) is -1.31. The summed E-state index contributed by atoms with van der Waals surface area (Å²) in [5, 5.41) is 8.06. The van der Waals surface area contributed by atoms with Gasteiger partial charge < -0.3 is 9.64 Å². The van der Waals surface area contributed by atoms with E-state index in [2.05, 4.69) is 20.2 Å². The lowest BCUT2D eigenvalue weighted by molar-refractivity contribution is -0.138. The SMILES string of the molecule is CCN(C(=O)c1ccc(C)nc1-n1nccn1)[C@@H](C)COc1ncc(C(F)(F)F)cc1F. The van der Waals surface area contributed by atoms with E-state index in [1.807, 2.05) is 0 Å². The van der Waals surface area contributed by atoms with Crippen LogP contribution in [0.3, 0.4) is 0 Å². The summed E-state index contributed by atoms with van der Waals surface area (Å²) in [5.41, 5.74) is -0.302. The minimum absolute atomic E-state index is 0.191. The lowest BCUT2D eigenvalue weighted by Gasteiger charge is -2.28. The topological polar surface area (TPSA) is 86.0 Å². The van der Waals surface area contributed by atoms with Crippen molar-refractivity contribution in [3.63, 3.8) is 0 Å². The lowest BCUT2D eigenvalue weighted by atomic mass is 10.1. The van der Waals surface area contributed by atoms with Crippen LogP contribution in [0, 0.1) is 12.7 Å². The first-order valence-corrected chi connectivity index (χ1v) is 9.62. The Labute approximate surface area is 180 Å². The first-order chi connectivity index (χ1) is 15.1. The van der Waals surface area contributed by atoms with Gasteiger partial charge in [0.2, 0.25) is 5.88 Å². The second kappa shape index (κ2) is 9.28. The smallest absolute Gasteiger partial charge is 0.417 e. The van der Waals surface area contributed by atoms with Crippen LogP contribution in [0.2, 0.25) is 0 Å². The number of aryl methyl sites for hydroxylation is 1. The quantitative estimate of drug-likeness (QED) is 0.511. The fourth-order valence-electron chi connectivity index (χ4n) is 2.97. The average Bonchev–Trinajstić information content (AvgIpc) is 3.27. The van der Waals surface area contributed by atoms with Crippen molar-refractivity contribution in [2.24, 2.45) is 0 Å². The van der Waals surface area contributed by atoms with Crippen molar-refractivity contribution in [1.82, 2.24) is 29.9 Å². The van der Waals surface area contributed by atoms with Crippen molar-refractivity contribution < 1.29 is 27.1 Å². The minimum atomic E-state index is -4.71. The van der Waals surface area contributed by atoms with Crippen LogP contribution in [0.4, 0.5) is 17.6 Å². The first-order valence-electron chi connectivity index (χ1n) is 9.62. The monoisotopic (exact) mass is 452 g/mol. The van der Waals surface area contributed by atoms with Gasteiger partial charge in [0.1, 0.15) is 6.61 Å². The van der Waals surface area contributed by atoms with E-state index < -0.39 is 29.5 Å². The number of carbonyl (C=O) groups excluding carboxylic acids is 1. The molecule has 0 N–H and O–H groups in total. The molecule has 3 rings (SSSR count). The van der Waals surface area contributed by atoms with E-state index in [1.165, 1.54) is 22.1 Å². The number of likely N-dealkylation sites (N-methyl/N-ethyl adjacent to an activating group) is 1. The van der Waals surface area contributed by atoms with Crippen molar-refractivity contribution in [2.75, 3.05) is 13.2 Å². The molecular weight excluding hydrogens is 432 g/mol. The predicted octanol–water partition coefficient (Wildman–Crippen LogP) is 3.45. The molecule has 0 aliphatic carbocycles. The molecule has 0 aliphatic heterocycles. The van der Waals surface area contributed by atoms with Gasteiger partial charge in [-0.25, -0.2) is 14.4 Å². The number of hydrogen-bond donors (Lipinski definition) is 0. The number of alkyl halides is 3. The van der Waals surface area contributed by atoms with Gasteiger partial charge in [-0.05, 0) is 39.0 Å². The van der Waals surface area contributed by atoms with Gasteiger partial charge >= 0.3 is 6.18 Å². The van der Waals surface area contributed by atoms with Crippen molar-refractivity contribution >= 4 is 5.91 Å². The Morgan fingerprint density at radius 2 is 1.94 bits per heavy atom.